The van der Waals surface area contributed by atoms with Crippen molar-refractivity contribution in [3.63, 3.8) is 0 Å². The average molecular weight is 455 g/mol. The number of nitrogens with one attached hydrogen (secondary N) is 1. The molecule has 0 bridgehead atoms. The summed E-state index contributed by atoms with van der Waals surface area (Å²) in [6, 6.07) is 16.5. The van der Waals surface area contributed by atoms with Crippen LogP contribution in [0.25, 0.3) is 6.08 Å². The second-order valence-corrected chi connectivity index (χ2v) is 9.11. The van der Waals surface area contributed by atoms with Crippen molar-refractivity contribution in [2.24, 2.45) is 5.10 Å². The van der Waals surface area contributed by atoms with Gasteiger partial charge in [-0.05, 0) is 56.2 Å². The molecular formula is C24H30N4O3S. The van der Waals surface area contributed by atoms with E-state index in [1.807, 2.05) is 37.3 Å². The Labute approximate surface area is 190 Å². The molecule has 2 aromatic rings. The standard InChI is InChI=1S/C24H30N4O3S/c1-4-7-17-25-32(30,31)23-22(24(29)28(26-23)21-11-9-8-10-12-21)18-19-13-15-20(16-14-19)27(5-2)6-3/h8-16,18,25H,4-7,17H2,1-3H3/b22-18-. The van der Waals surface area contributed by atoms with Gasteiger partial charge in [0, 0.05) is 25.3 Å². The molecular weight excluding hydrogens is 424 g/mol. The van der Waals surface area contributed by atoms with E-state index in [4.69, 9.17) is 0 Å². The van der Waals surface area contributed by atoms with Crippen LogP contribution in [0.3, 0.4) is 0 Å². The van der Waals surface area contributed by atoms with Crippen LogP contribution in [-0.4, -0.2) is 39.0 Å². The third-order valence-corrected chi connectivity index (χ3v) is 6.65. The molecule has 7 nitrogen and oxygen atoms in total. The predicted octanol–water partition coefficient (Wildman–Crippen LogP) is 4.00. The molecule has 1 amide bonds. The average Bonchev–Trinajstić information content (AvgIpc) is 3.13. The molecule has 0 radical (unpaired) electrons. The molecule has 1 N–H and O–H groups in total. The number of sulfonamides is 1. The minimum atomic E-state index is -3.94. The summed E-state index contributed by atoms with van der Waals surface area (Å²) in [5.74, 6) is -0.472. The van der Waals surface area contributed by atoms with E-state index in [1.165, 1.54) is 0 Å². The van der Waals surface area contributed by atoms with Crippen LogP contribution in [0.2, 0.25) is 0 Å². The molecule has 1 aliphatic heterocycles. The number of anilines is 2. The first-order valence-corrected chi connectivity index (χ1v) is 12.4. The van der Waals surface area contributed by atoms with E-state index in [0.717, 1.165) is 35.8 Å². The molecule has 1 aliphatic rings. The fourth-order valence-electron chi connectivity index (χ4n) is 3.45. The molecule has 3 rings (SSSR count). The Bertz CT molecular complexity index is 1090. The molecule has 0 saturated carbocycles. The second kappa shape index (κ2) is 10.6. The SMILES string of the molecule is CCCCNS(=O)(=O)C1=NN(c2ccccc2)C(=O)/C1=C\c1ccc(N(CC)CC)cc1. The van der Waals surface area contributed by atoms with E-state index >= 15 is 0 Å². The first kappa shape index (κ1) is 23.7. The molecule has 2 aromatic carbocycles. The Morgan fingerprint density at radius 1 is 1.00 bits per heavy atom. The minimum Gasteiger partial charge on any atom is -0.372 e. The summed E-state index contributed by atoms with van der Waals surface area (Å²) in [6.07, 6.45) is 3.15. The second-order valence-electron chi connectivity index (χ2n) is 7.43. The third-order valence-electron chi connectivity index (χ3n) is 5.25. The van der Waals surface area contributed by atoms with E-state index in [2.05, 4.69) is 28.6 Å². The molecule has 0 saturated heterocycles. The summed E-state index contributed by atoms with van der Waals surface area (Å²) in [7, 11) is -3.94. The number of carbonyl (C=O) groups is 1. The lowest BCUT2D eigenvalue weighted by molar-refractivity contribution is -0.114. The summed E-state index contributed by atoms with van der Waals surface area (Å²) in [5.41, 5.74) is 2.37. The number of rotatable bonds is 9. The Morgan fingerprint density at radius 2 is 1.66 bits per heavy atom. The monoisotopic (exact) mass is 454 g/mol. The van der Waals surface area contributed by atoms with Crippen LogP contribution in [0, 0.1) is 0 Å². The van der Waals surface area contributed by atoms with Crippen molar-refractivity contribution < 1.29 is 13.2 Å². The van der Waals surface area contributed by atoms with E-state index in [9.17, 15) is 13.2 Å². The van der Waals surface area contributed by atoms with Gasteiger partial charge in [0.15, 0.2) is 0 Å². The highest BCUT2D eigenvalue weighted by Gasteiger charge is 2.38. The van der Waals surface area contributed by atoms with Gasteiger partial charge in [-0.25, -0.2) is 13.1 Å². The zero-order chi connectivity index (χ0) is 23.1. The number of hydrogen-bond donors (Lipinski definition) is 1. The van der Waals surface area contributed by atoms with Crippen molar-refractivity contribution >= 4 is 38.4 Å². The number of amides is 1. The number of benzene rings is 2. The number of unbranched alkanes of at least 4 members (excludes halogenated alkanes) is 1. The van der Waals surface area contributed by atoms with Gasteiger partial charge in [-0.1, -0.05) is 43.7 Å². The van der Waals surface area contributed by atoms with Gasteiger partial charge in [0.25, 0.3) is 15.9 Å². The van der Waals surface area contributed by atoms with Crippen molar-refractivity contribution in [1.82, 2.24) is 4.72 Å². The van der Waals surface area contributed by atoms with Crippen LogP contribution in [0.1, 0.15) is 39.2 Å². The zero-order valence-electron chi connectivity index (χ0n) is 18.8. The molecule has 0 fully saturated rings. The van der Waals surface area contributed by atoms with Crippen molar-refractivity contribution in [1.29, 1.82) is 0 Å². The van der Waals surface area contributed by atoms with Crippen molar-refractivity contribution in [3.8, 4) is 0 Å². The molecule has 0 spiro atoms. The molecule has 32 heavy (non-hydrogen) atoms. The highest BCUT2D eigenvalue weighted by atomic mass is 32.2. The first-order chi connectivity index (χ1) is 15.4. The zero-order valence-corrected chi connectivity index (χ0v) is 19.6. The maximum atomic E-state index is 13.2. The number of carbonyl (C=O) groups excluding carboxylic acids is 1. The summed E-state index contributed by atoms with van der Waals surface area (Å²) < 4.78 is 28.5. The summed E-state index contributed by atoms with van der Waals surface area (Å²) in [5, 5.41) is 5.10. The van der Waals surface area contributed by atoms with Gasteiger partial charge in [0.05, 0.1) is 11.3 Å². The maximum absolute atomic E-state index is 13.2. The van der Waals surface area contributed by atoms with Crippen LogP contribution >= 0.6 is 0 Å². The lowest BCUT2D eigenvalue weighted by atomic mass is 10.1. The number of para-hydroxylation sites is 1. The highest BCUT2D eigenvalue weighted by Crippen LogP contribution is 2.27. The molecule has 8 heteroatoms. The molecule has 0 atom stereocenters. The Kier molecular flexibility index (Phi) is 7.82. The van der Waals surface area contributed by atoms with Crippen LogP contribution in [0.4, 0.5) is 11.4 Å². The Morgan fingerprint density at radius 3 is 2.25 bits per heavy atom. The van der Waals surface area contributed by atoms with Crippen LogP contribution < -0.4 is 14.6 Å². The van der Waals surface area contributed by atoms with E-state index in [1.54, 1.807) is 30.3 Å². The topological polar surface area (TPSA) is 82.1 Å². The smallest absolute Gasteiger partial charge is 0.281 e. The van der Waals surface area contributed by atoms with Gasteiger partial charge in [-0.3, -0.25) is 4.79 Å². The van der Waals surface area contributed by atoms with E-state index in [-0.39, 0.29) is 10.6 Å². The van der Waals surface area contributed by atoms with Crippen molar-refractivity contribution in [2.75, 3.05) is 29.5 Å². The van der Waals surface area contributed by atoms with Crippen LogP contribution in [0.5, 0.6) is 0 Å². The quantitative estimate of drug-likeness (QED) is 0.459. The van der Waals surface area contributed by atoms with Crippen molar-refractivity contribution in [3.05, 3.63) is 65.7 Å². The van der Waals surface area contributed by atoms with Gasteiger partial charge in [0.2, 0.25) is 5.04 Å². The highest BCUT2D eigenvalue weighted by molar-refractivity contribution is 8.05. The van der Waals surface area contributed by atoms with Gasteiger partial charge in [-0.15, -0.1) is 0 Å². The summed E-state index contributed by atoms with van der Waals surface area (Å²) in [6.45, 7) is 8.24. The predicted molar refractivity (Wildman–Crippen MR) is 131 cm³/mol. The molecule has 0 aliphatic carbocycles. The van der Waals surface area contributed by atoms with E-state index in [0.29, 0.717) is 18.7 Å². The largest absolute Gasteiger partial charge is 0.372 e. The maximum Gasteiger partial charge on any atom is 0.281 e. The normalized spacial score (nSPS) is 15.3. The van der Waals surface area contributed by atoms with Crippen LogP contribution in [-0.2, 0) is 14.8 Å². The number of hydrogen-bond acceptors (Lipinski definition) is 5. The fraction of sp³-hybridized carbons (Fsp3) is 0.333. The van der Waals surface area contributed by atoms with Gasteiger partial charge >= 0.3 is 0 Å². The fourth-order valence-corrected chi connectivity index (χ4v) is 4.62. The molecule has 0 unspecified atom stereocenters. The third kappa shape index (κ3) is 5.26. The number of hydrazone groups is 1. The summed E-state index contributed by atoms with van der Waals surface area (Å²) >= 11 is 0. The van der Waals surface area contributed by atoms with Crippen molar-refractivity contribution in [2.45, 2.75) is 33.6 Å². The Balaban J connectivity index is 1.99. The first-order valence-electron chi connectivity index (χ1n) is 11.0. The minimum absolute atomic E-state index is 0.0495. The number of nitrogens with zero attached hydrogens (tertiary/aromatic N) is 3. The van der Waals surface area contributed by atoms with Crippen LogP contribution in [0.15, 0.2) is 65.3 Å². The van der Waals surface area contributed by atoms with Gasteiger partial charge in [-0.2, -0.15) is 10.1 Å². The molecule has 170 valence electrons. The molecule has 0 aromatic heterocycles. The lowest BCUT2D eigenvalue weighted by Crippen LogP contribution is -2.32. The molecule has 1 heterocycles. The lowest BCUT2D eigenvalue weighted by Gasteiger charge is -2.20. The van der Waals surface area contributed by atoms with Gasteiger partial charge < -0.3 is 4.90 Å². The van der Waals surface area contributed by atoms with Gasteiger partial charge in [0.1, 0.15) is 0 Å². The Hall–Kier alpha value is -2.97. The van der Waals surface area contributed by atoms with E-state index < -0.39 is 15.9 Å². The summed E-state index contributed by atoms with van der Waals surface area (Å²) in [4.78, 5) is 15.4.